The fourth-order valence-electron chi connectivity index (χ4n) is 5.79. The highest BCUT2D eigenvalue weighted by molar-refractivity contribution is 6.08. The Labute approximate surface area is 221 Å². The van der Waals surface area contributed by atoms with Crippen LogP contribution in [0.15, 0.2) is 41.2 Å². The second-order valence-electron chi connectivity index (χ2n) is 10.9. The van der Waals surface area contributed by atoms with Crippen LogP contribution in [0.1, 0.15) is 57.0 Å². The molecule has 4 amide bonds. The number of anilines is 1. The van der Waals surface area contributed by atoms with Crippen molar-refractivity contribution in [1.82, 2.24) is 20.0 Å². The number of halogens is 2. The van der Waals surface area contributed by atoms with Gasteiger partial charge in [-0.1, -0.05) is 12.1 Å². The topological polar surface area (TPSA) is 116 Å². The molecular formula is C27H25F2N5O5. The van der Waals surface area contributed by atoms with Crippen molar-refractivity contribution in [3.8, 4) is 0 Å². The van der Waals surface area contributed by atoms with Crippen LogP contribution in [-0.4, -0.2) is 56.2 Å². The predicted octanol–water partition coefficient (Wildman–Crippen LogP) is 4.17. The Morgan fingerprint density at radius 3 is 2.44 bits per heavy atom. The predicted molar refractivity (Wildman–Crippen MR) is 135 cm³/mol. The maximum absolute atomic E-state index is 14.9. The molecule has 2 saturated heterocycles. The number of imide groups is 1. The number of amides is 4. The van der Waals surface area contributed by atoms with Crippen LogP contribution in [0.2, 0.25) is 0 Å². The number of urea groups is 1. The highest BCUT2D eigenvalue weighted by atomic mass is 19.1. The van der Waals surface area contributed by atoms with Gasteiger partial charge in [-0.2, -0.15) is 5.10 Å². The van der Waals surface area contributed by atoms with Crippen molar-refractivity contribution in [2.45, 2.75) is 57.3 Å². The molecule has 2 unspecified atom stereocenters. The molecule has 0 bridgehead atoms. The number of hydrogen-bond donors (Lipinski definition) is 1. The molecule has 3 aromatic rings. The quantitative estimate of drug-likeness (QED) is 0.491. The average molecular weight is 538 g/mol. The van der Waals surface area contributed by atoms with E-state index in [9.17, 15) is 28.0 Å². The number of rotatable bonds is 2. The molecule has 1 aromatic heterocycles. The smallest absolute Gasteiger partial charge is 0.415 e. The van der Waals surface area contributed by atoms with Crippen LogP contribution in [0.5, 0.6) is 0 Å². The molecule has 4 heterocycles. The number of aromatic amines is 1. The molecule has 3 atom stereocenters. The van der Waals surface area contributed by atoms with Gasteiger partial charge in [0.1, 0.15) is 29.3 Å². The number of fused-ring (bicyclic) bond motifs is 1. The third-order valence-electron chi connectivity index (χ3n) is 7.28. The second kappa shape index (κ2) is 8.58. The maximum atomic E-state index is 14.9. The first-order valence-corrected chi connectivity index (χ1v) is 12.6. The molecule has 202 valence electrons. The summed E-state index contributed by atoms with van der Waals surface area (Å²) in [6.07, 6.45) is 0.260. The number of nitrogens with zero attached hydrogens (tertiary/aromatic N) is 4. The van der Waals surface area contributed by atoms with E-state index in [0.717, 1.165) is 21.9 Å². The summed E-state index contributed by atoms with van der Waals surface area (Å²) in [6.45, 7) is 5.36. The SMILES string of the molecule is CC(C)(C)OC(=O)N1c2cc(F)cc3c(=O)[nH]nc(c23)C(N2C(=O)[C@@H]3CCCN3C2=O)C1c1ccc(F)cc1. The summed E-state index contributed by atoms with van der Waals surface area (Å²) in [6, 6.07) is 3.67. The van der Waals surface area contributed by atoms with E-state index in [0.29, 0.717) is 24.9 Å². The van der Waals surface area contributed by atoms with Crippen molar-refractivity contribution in [2.75, 3.05) is 11.4 Å². The lowest BCUT2D eigenvalue weighted by Gasteiger charge is -2.44. The van der Waals surface area contributed by atoms with Gasteiger partial charge in [0.25, 0.3) is 11.5 Å². The molecule has 1 N–H and O–H groups in total. The molecule has 12 heteroatoms. The summed E-state index contributed by atoms with van der Waals surface area (Å²) in [5.41, 5.74) is -1.25. The molecular weight excluding hydrogens is 512 g/mol. The van der Waals surface area contributed by atoms with Gasteiger partial charge in [-0.3, -0.25) is 19.4 Å². The normalized spacial score (nSPS) is 22.6. The van der Waals surface area contributed by atoms with Gasteiger partial charge in [-0.15, -0.1) is 0 Å². The lowest BCUT2D eigenvalue weighted by atomic mass is 9.86. The zero-order valence-corrected chi connectivity index (χ0v) is 21.4. The molecule has 6 rings (SSSR count). The monoisotopic (exact) mass is 537 g/mol. The van der Waals surface area contributed by atoms with Gasteiger partial charge in [0.2, 0.25) is 0 Å². The minimum atomic E-state index is -1.23. The number of aromatic nitrogens is 2. The summed E-state index contributed by atoms with van der Waals surface area (Å²) in [7, 11) is 0. The van der Waals surface area contributed by atoms with E-state index in [1.807, 2.05) is 0 Å². The van der Waals surface area contributed by atoms with Crippen LogP contribution in [0.3, 0.4) is 0 Å². The van der Waals surface area contributed by atoms with Crippen molar-refractivity contribution in [3.05, 3.63) is 69.6 Å². The number of hydrogen-bond acceptors (Lipinski definition) is 6. The Kier molecular flexibility index (Phi) is 5.49. The zero-order chi connectivity index (χ0) is 27.8. The third-order valence-corrected chi connectivity index (χ3v) is 7.28. The van der Waals surface area contributed by atoms with Crippen LogP contribution >= 0.6 is 0 Å². The van der Waals surface area contributed by atoms with Crippen LogP contribution in [0, 0.1) is 11.6 Å². The Morgan fingerprint density at radius 2 is 1.77 bits per heavy atom. The fraction of sp³-hybridized carbons (Fsp3) is 0.370. The van der Waals surface area contributed by atoms with Crippen molar-refractivity contribution >= 4 is 34.5 Å². The maximum Gasteiger partial charge on any atom is 0.415 e. The molecule has 0 saturated carbocycles. The minimum absolute atomic E-state index is 0.0157. The van der Waals surface area contributed by atoms with Crippen molar-refractivity contribution in [1.29, 1.82) is 0 Å². The van der Waals surface area contributed by atoms with Crippen LogP contribution in [-0.2, 0) is 9.53 Å². The van der Waals surface area contributed by atoms with E-state index >= 15 is 0 Å². The summed E-state index contributed by atoms with van der Waals surface area (Å²) >= 11 is 0. The van der Waals surface area contributed by atoms with Crippen LogP contribution < -0.4 is 10.5 Å². The lowest BCUT2D eigenvalue weighted by molar-refractivity contribution is -0.130. The zero-order valence-electron chi connectivity index (χ0n) is 21.4. The molecule has 10 nitrogen and oxygen atoms in total. The Morgan fingerprint density at radius 1 is 1.05 bits per heavy atom. The molecule has 0 spiro atoms. The van der Waals surface area contributed by atoms with Gasteiger partial charge in [-0.25, -0.2) is 23.5 Å². The summed E-state index contributed by atoms with van der Waals surface area (Å²) in [5, 5.41) is 6.60. The molecule has 0 radical (unpaired) electrons. The number of carbonyl (C=O) groups excluding carboxylic acids is 3. The number of ether oxygens (including phenoxy) is 1. The van der Waals surface area contributed by atoms with Crippen molar-refractivity contribution < 1.29 is 27.9 Å². The first-order chi connectivity index (χ1) is 18.5. The number of benzene rings is 2. The lowest BCUT2D eigenvalue weighted by Crippen LogP contribution is -2.50. The highest BCUT2D eigenvalue weighted by Crippen LogP contribution is 2.51. The molecule has 0 aliphatic carbocycles. The molecule has 3 aliphatic heterocycles. The number of H-pyrrole nitrogens is 1. The minimum Gasteiger partial charge on any atom is -0.443 e. The molecule has 3 aliphatic rings. The average Bonchev–Trinajstić information content (AvgIpc) is 3.43. The summed E-state index contributed by atoms with van der Waals surface area (Å²) < 4.78 is 34.6. The van der Waals surface area contributed by atoms with Gasteiger partial charge in [0.15, 0.2) is 0 Å². The van der Waals surface area contributed by atoms with Gasteiger partial charge in [-0.05, 0) is 63.4 Å². The Hall–Kier alpha value is -4.35. The van der Waals surface area contributed by atoms with Crippen LogP contribution in [0.4, 0.5) is 24.1 Å². The van der Waals surface area contributed by atoms with Crippen molar-refractivity contribution in [2.24, 2.45) is 0 Å². The van der Waals surface area contributed by atoms with Crippen molar-refractivity contribution in [3.63, 3.8) is 0 Å². The highest BCUT2D eigenvalue weighted by Gasteiger charge is 2.56. The van der Waals surface area contributed by atoms with Gasteiger partial charge >= 0.3 is 12.1 Å². The summed E-state index contributed by atoms with van der Waals surface area (Å²) in [4.78, 5) is 57.6. The van der Waals surface area contributed by atoms with E-state index in [2.05, 4.69) is 10.2 Å². The third kappa shape index (κ3) is 3.84. The molecule has 2 aromatic carbocycles. The second-order valence-corrected chi connectivity index (χ2v) is 10.9. The van der Waals surface area contributed by atoms with E-state index in [1.165, 1.54) is 29.2 Å². The molecule has 39 heavy (non-hydrogen) atoms. The first kappa shape index (κ1) is 25.0. The Balaban J connectivity index is 1.67. The number of nitrogens with one attached hydrogen (secondary N) is 1. The first-order valence-electron chi connectivity index (χ1n) is 12.6. The number of carbonyl (C=O) groups is 3. The molecule has 2 fully saturated rings. The van der Waals surface area contributed by atoms with Gasteiger partial charge in [0.05, 0.1) is 22.8 Å². The Bertz CT molecular complexity index is 1580. The van der Waals surface area contributed by atoms with Crippen LogP contribution in [0.25, 0.3) is 10.8 Å². The van der Waals surface area contributed by atoms with E-state index in [4.69, 9.17) is 4.74 Å². The van der Waals surface area contributed by atoms with E-state index in [-0.39, 0.29) is 22.2 Å². The van der Waals surface area contributed by atoms with Gasteiger partial charge in [0, 0.05) is 11.9 Å². The van der Waals surface area contributed by atoms with E-state index in [1.54, 1.807) is 20.8 Å². The largest absolute Gasteiger partial charge is 0.443 e. The fourth-order valence-corrected chi connectivity index (χ4v) is 5.79. The van der Waals surface area contributed by atoms with Gasteiger partial charge < -0.3 is 9.64 Å². The summed E-state index contributed by atoms with van der Waals surface area (Å²) in [5.74, 6) is -1.80. The standard InChI is InChI=1S/C27H25F2N5O5/c1-27(2,3)39-26(38)33-18-12-15(29)11-16-19(18)20(30-31-23(16)35)22(21(33)13-6-8-14(28)9-7-13)34-24(36)17-5-4-10-32(17)25(34)37/h6-9,11-12,17,21-22H,4-5,10H2,1-3H3,(H,31,35)/t17-,21?,22?/m0/s1. The van der Waals surface area contributed by atoms with E-state index < -0.39 is 59.0 Å².